The number of nitrogens with two attached hydrogens (primary N) is 1. The zero-order valence-electron chi connectivity index (χ0n) is 15.6. The molecular weight excluding hydrogens is 358 g/mol. The van der Waals surface area contributed by atoms with E-state index in [4.69, 9.17) is 10.5 Å². The fraction of sp³-hybridized carbons (Fsp3) is 0.150. The molecule has 0 saturated carbocycles. The number of nitrogens with zero attached hydrogens (tertiary/aromatic N) is 2. The first-order chi connectivity index (χ1) is 13.5. The van der Waals surface area contributed by atoms with Crippen molar-refractivity contribution in [2.45, 2.75) is 13.8 Å². The third-order valence-electron chi connectivity index (χ3n) is 3.88. The first kappa shape index (κ1) is 19.0. The summed E-state index contributed by atoms with van der Waals surface area (Å²) in [7, 11) is 0. The Kier molecular flexibility index (Phi) is 5.59. The lowest BCUT2D eigenvalue weighted by Gasteiger charge is -2.11. The van der Waals surface area contributed by atoms with Crippen LogP contribution in [0.2, 0.25) is 0 Å². The number of amides is 2. The third kappa shape index (κ3) is 4.47. The van der Waals surface area contributed by atoms with E-state index in [9.17, 15) is 9.90 Å². The van der Waals surface area contributed by atoms with Crippen molar-refractivity contribution in [1.82, 2.24) is 9.97 Å². The number of aryl methyl sites for hydroxylation is 1. The van der Waals surface area contributed by atoms with Gasteiger partial charge in [0.05, 0.1) is 12.3 Å². The molecule has 0 spiro atoms. The molecule has 8 heteroatoms. The SMILES string of the molecule is CCOc1c(C)nc(-c2ccc(NC(=O)Nc3ccc(O)cc3)cc2)nc1N. The molecule has 5 N–H and O–H groups in total. The van der Waals surface area contributed by atoms with Crippen LogP contribution in [0.1, 0.15) is 12.6 Å². The maximum atomic E-state index is 12.1. The Morgan fingerprint density at radius 2 is 1.61 bits per heavy atom. The first-order valence-corrected chi connectivity index (χ1v) is 8.70. The number of ether oxygens (including phenoxy) is 1. The van der Waals surface area contributed by atoms with E-state index in [0.29, 0.717) is 41.1 Å². The number of hydrogen-bond donors (Lipinski definition) is 4. The highest BCUT2D eigenvalue weighted by Crippen LogP contribution is 2.27. The van der Waals surface area contributed by atoms with E-state index in [0.717, 1.165) is 5.56 Å². The Balaban J connectivity index is 1.69. The van der Waals surface area contributed by atoms with Gasteiger partial charge in [-0.05, 0) is 62.4 Å². The average Bonchev–Trinajstić information content (AvgIpc) is 2.67. The first-order valence-electron chi connectivity index (χ1n) is 8.70. The van der Waals surface area contributed by atoms with E-state index in [1.54, 1.807) is 36.4 Å². The summed E-state index contributed by atoms with van der Waals surface area (Å²) in [5.41, 5.74) is 8.58. The summed E-state index contributed by atoms with van der Waals surface area (Å²) >= 11 is 0. The van der Waals surface area contributed by atoms with Crippen molar-refractivity contribution in [3.8, 4) is 22.9 Å². The van der Waals surface area contributed by atoms with E-state index < -0.39 is 6.03 Å². The highest BCUT2D eigenvalue weighted by Gasteiger charge is 2.12. The number of carbonyl (C=O) groups is 1. The van der Waals surface area contributed by atoms with Gasteiger partial charge in [-0.2, -0.15) is 0 Å². The Morgan fingerprint density at radius 1 is 1.04 bits per heavy atom. The summed E-state index contributed by atoms with van der Waals surface area (Å²) in [6, 6.07) is 12.9. The number of carbonyl (C=O) groups excluding carboxylic acids is 1. The largest absolute Gasteiger partial charge is 0.508 e. The number of nitrogen functional groups attached to an aromatic ring is 1. The average molecular weight is 379 g/mol. The van der Waals surface area contributed by atoms with Crippen LogP contribution in [0.4, 0.5) is 22.0 Å². The summed E-state index contributed by atoms with van der Waals surface area (Å²) in [5.74, 6) is 1.41. The number of urea groups is 1. The highest BCUT2D eigenvalue weighted by molar-refractivity contribution is 5.99. The fourth-order valence-corrected chi connectivity index (χ4v) is 2.58. The minimum atomic E-state index is -0.393. The minimum Gasteiger partial charge on any atom is -0.508 e. The molecule has 0 aliphatic rings. The van der Waals surface area contributed by atoms with Crippen LogP contribution in [0.3, 0.4) is 0 Å². The maximum Gasteiger partial charge on any atom is 0.323 e. The lowest BCUT2D eigenvalue weighted by atomic mass is 10.2. The quantitative estimate of drug-likeness (QED) is 0.500. The normalized spacial score (nSPS) is 10.4. The number of benzene rings is 2. The molecule has 2 aromatic carbocycles. The van der Waals surface area contributed by atoms with Crippen molar-refractivity contribution < 1.29 is 14.6 Å². The lowest BCUT2D eigenvalue weighted by molar-refractivity contribution is 0.262. The van der Waals surface area contributed by atoms with Gasteiger partial charge in [0.25, 0.3) is 0 Å². The van der Waals surface area contributed by atoms with E-state index in [-0.39, 0.29) is 5.75 Å². The van der Waals surface area contributed by atoms with Crippen molar-refractivity contribution in [2.75, 3.05) is 23.0 Å². The molecule has 1 heterocycles. The number of phenols is 1. The van der Waals surface area contributed by atoms with Crippen molar-refractivity contribution in [1.29, 1.82) is 0 Å². The molecule has 0 saturated heterocycles. The number of aromatic hydroxyl groups is 1. The molecule has 1 aromatic heterocycles. The van der Waals surface area contributed by atoms with Crippen LogP contribution in [0.15, 0.2) is 48.5 Å². The number of aromatic nitrogens is 2. The van der Waals surface area contributed by atoms with Gasteiger partial charge < -0.3 is 26.2 Å². The Hall–Kier alpha value is -3.81. The molecule has 0 bridgehead atoms. The van der Waals surface area contributed by atoms with Crippen molar-refractivity contribution in [3.05, 3.63) is 54.2 Å². The van der Waals surface area contributed by atoms with Gasteiger partial charge in [0.1, 0.15) is 5.75 Å². The van der Waals surface area contributed by atoms with Gasteiger partial charge in [0.15, 0.2) is 17.4 Å². The monoisotopic (exact) mass is 379 g/mol. The molecule has 0 aliphatic carbocycles. The van der Waals surface area contributed by atoms with E-state index >= 15 is 0 Å². The summed E-state index contributed by atoms with van der Waals surface area (Å²) in [5, 5.41) is 14.7. The third-order valence-corrected chi connectivity index (χ3v) is 3.88. The standard InChI is InChI=1S/C20H21N5O3/c1-3-28-17-12(2)22-19(25-18(17)21)13-4-6-14(7-5-13)23-20(27)24-15-8-10-16(26)11-9-15/h4-11,26H,3H2,1-2H3,(H2,21,22,25)(H2,23,24,27). The molecule has 8 nitrogen and oxygen atoms in total. The minimum absolute atomic E-state index is 0.133. The second-order valence-electron chi connectivity index (χ2n) is 5.98. The van der Waals surface area contributed by atoms with Gasteiger partial charge in [-0.15, -0.1) is 0 Å². The second kappa shape index (κ2) is 8.26. The molecule has 0 unspecified atom stereocenters. The Bertz CT molecular complexity index is 949. The Labute approximate surface area is 162 Å². The molecular formula is C20H21N5O3. The van der Waals surface area contributed by atoms with Crippen LogP contribution >= 0.6 is 0 Å². The fourth-order valence-electron chi connectivity index (χ4n) is 2.58. The predicted octanol–water partition coefficient (Wildman–Crippen LogP) is 3.78. The second-order valence-corrected chi connectivity index (χ2v) is 5.98. The Morgan fingerprint density at radius 3 is 2.14 bits per heavy atom. The summed E-state index contributed by atoms with van der Waals surface area (Å²) in [6.07, 6.45) is 0. The smallest absolute Gasteiger partial charge is 0.323 e. The molecule has 3 aromatic rings. The van der Waals surface area contributed by atoms with Gasteiger partial charge in [0, 0.05) is 16.9 Å². The van der Waals surface area contributed by atoms with Crippen molar-refractivity contribution in [2.24, 2.45) is 0 Å². The summed E-state index contributed by atoms with van der Waals surface area (Å²) in [4.78, 5) is 20.8. The number of phenolic OH excluding ortho intramolecular Hbond substituents is 1. The number of rotatable bonds is 5. The van der Waals surface area contributed by atoms with E-state index in [1.165, 1.54) is 12.1 Å². The number of nitrogens with one attached hydrogen (secondary N) is 2. The van der Waals surface area contributed by atoms with Crippen LogP contribution in [0.5, 0.6) is 11.5 Å². The molecule has 0 fully saturated rings. The van der Waals surface area contributed by atoms with E-state index in [1.807, 2.05) is 13.8 Å². The van der Waals surface area contributed by atoms with Crippen molar-refractivity contribution in [3.63, 3.8) is 0 Å². The van der Waals surface area contributed by atoms with E-state index in [2.05, 4.69) is 20.6 Å². The number of hydrogen-bond acceptors (Lipinski definition) is 6. The van der Waals surface area contributed by atoms with Crippen molar-refractivity contribution >= 4 is 23.2 Å². The van der Waals surface area contributed by atoms with Gasteiger partial charge in [-0.3, -0.25) is 0 Å². The number of anilines is 3. The molecule has 144 valence electrons. The summed E-state index contributed by atoms with van der Waals surface area (Å²) in [6.45, 7) is 4.17. The van der Waals surface area contributed by atoms with Gasteiger partial charge in [-0.1, -0.05) is 0 Å². The zero-order valence-corrected chi connectivity index (χ0v) is 15.6. The molecule has 3 rings (SSSR count). The molecule has 0 radical (unpaired) electrons. The molecule has 2 amide bonds. The molecule has 0 aliphatic heterocycles. The van der Waals surface area contributed by atoms with Gasteiger partial charge >= 0.3 is 6.03 Å². The zero-order chi connectivity index (χ0) is 20.1. The summed E-state index contributed by atoms with van der Waals surface area (Å²) < 4.78 is 5.46. The lowest BCUT2D eigenvalue weighted by Crippen LogP contribution is -2.19. The van der Waals surface area contributed by atoms with Crippen LogP contribution in [-0.4, -0.2) is 27.7 Å². The molecule has 28 heavy (non-hydrogen) atoms. The van der Waals surface area contributed by atoms with Crippen LogP contribution in [0, 0.1) is 6.92 Å². The van der Waals surface area contributed by atoms with Gasteiger partial charge in [0.2, 0.25) is 0 Å². The highest BCUT2D eigenvalue weighted by atomic mass is 16.5. The topological polar surface area (TPSA) is 122 Å². The molecule has 0 atom stereocenters. The van der Waals surface area contributed by atoms with Crippen LogP contribution < -0.4 is 21.1 Å². The predicted molar refractivity (Wildman–Crippen MR) is 109 cm³/mol. The van der Waals surface area contributed by atoms with Gasteiger partial charge in [-0.25, -0.2) is 14.8 Å². The van der Waals surface area contributed by atoms with Crippen LogP contribution in [0.25, 0.3) is 11.4 Å². The van der Waals surface area contributed by atoms with Crippen LogP contribution in [-0.2, 0) is 0 Å². The maximum absolute atomic E-state index is 12.1.